The molecule has 6 nitrogen and oxygen atoms in total. The monoisotopic (exact) mass is 342 g/mol. The lowest BCUT2D eigenvalue weighted by Gasteiger charge is -2.38. The Hall–Kier alpha value is -0.850. The molecule has 0 radical (unpaired) electrons. The van der Waals surface area contributed by atoms with E-state index < -0.39 is 11.2 Å². The van der Waals surface area contributed by atoms with E-state index in [2.05, 4.69) is 4.90 Å². The first-order valence-electron chi connectivity index (χ1n) is 9.16. The first-order valence-corrected chi connectivity index (χ1v) is 9.16. The smallest absolute Gasteiger partial charge is 0.410 e. The molecule has 2 rings (SSSR count). The zero-order valence-electron chi connectivity index (χ0n) is 15.7. The molecule has 1 amide bonds. The molecule has 24 heavy (non-hydrogen) atoms. The fourth-order valence-electron chi connectivity index (χ4n) is 3.61. The molecule has 2 aliphatic rings. The van der Waals surface area contributed by atoms with Crippen molar-refractivity contribution in [1.82, 2.24) is 9.80 Å². The Morgan fingerprint density at radius 2 is 1.96 bits per heavy atom. The molecule has 2 atom stereocenters. The van der Waals surface area contributed by atoms with Crippen LogP contribution in [0.25, 0.3) is 0 Å². The number of piperidine rings is 1. The summed E-state index contributed by atoms with van der Waals surface area (Å²) in [5, 5.41) is 11.0. The fourth-order valence-corrected chi connectivity index (χ4v) is 3.61. The maximum atomic E-state index is 12.2. The van der Waals surface area contributed by atoms with Gasteiger partial charge in [0.15, 0.2) is 0 Å². The van der Waals surface area contributed by atoms with Crippen LogP contribution in [0.5, 0.6) is 0 Å². The first kappa shape index (κ1) is 19.5. The quantitative estimate of drug-likeness (QED) is 0.852. The van der Waals surface area contributed by atoms with Gasteiger partial charge in [-0.15, -0.1) is 0 Å². The van der Waals surface area contributed by atoms with E-state index in [0.29, 0.717) is 26.1 Å². The minimum Gasteiger partial charge on any atom is -0.444 e. The van der Waals surface area contributed by atoms with Gasteiger partial charge in [-0.1, -0.05) is 0 Å². The van der Waals surface area contributed by atoms with Gasteiger partial charge in [-0.05, 0) is 59.4 Å². The lowest BCUT2D eigenvalue weighted by atomic mass is 9.93. The number of β-amino-alcohol motifs (C(OH)–C–C–N with tert-alkyl or cyclic N) is 1. The first-order chi connectivity index (χ1) is 11.2. The number of carbonyl (C=O) groups excluding carboxylic acids is 1. The number of methoxy groups -OCH3 is 1. The largest absolute Gasteiger partial charge is 0.444 e. The highest BCUT2D eigenvalue weighted by Gasteiger charge is 2.35. The number of amides is 1. The number of carbonyl (C=O) groups is 1. The van der Waals surface area contributed by atoms with Crippen LogP contribution < -0.4 is 0 Å². The molecule has 2 aliphatic heterocycles. The molecule has 6 heteroatoms. The molecule has 140 valence electrons. The van der Waals surface area contributed by atoms with Crippen molar-refractivity contribution >= 4 is 6.09 Å². The van der Waals surface area contributed by atoms with E-state index in [1.165, 1.54) is 0 Å². The summed E-state index contributed by atoms with van der Waals surface area (Å²) in [4.78, 5) is 16.3. The summed E-state index contributed by atoms with van der Waals surface area (Å²) < 4.78 is 10.9. The van der Waals surface area contributed by atoms with Crippen LogP contribution >= 0.6 is 0 Å². The maximum absolute atomic E-state index is 12.2. The number of nitrogens with zero attached hydrogens (tertiary/aromatic N) is 2. The van der Waals surface area contributed by atoms with Crippen LogP contribution in [0.4, 0.5) is 4.79 Å². The summed E-state index contributed by atoms with van der Waals surface area (Å²) in [6.45, 7) is 9.39. The maximum Gasteiger partial charge on any atom is 0.410 e. The highest BCUT2D eigenvalue weighted by molar-refractivity contribution is 5.68. The van der Waals surface area contributed by atoms with Gasteiger partial charge in [-0.3, -0.25) is 4.90 Å². The van der Waals surface area contributed by atoms with Crippen molar-refractivity contribution in [3.8, 4) is 0 Å². The molecule has 2 heterocycles. The van der Waals surface area contributed by atoms with Gasteiger partial charge in [-0.2, -0.15) is 0 Å². The summed E-state index contributed by atoms with van der Waals surface area (Å²) in [6, 6.07) is 0. The van der Waals surface area contributed by atoms with Gasteiger partial charge in [0.05, 0.1) is 11.7 Å². The van der Waals surface area contributed by atoms with Gasteiger partial charge in [0.2, 0.25) is 0 Å². The second-order valence-electron chi connectivity index (χ2n) is 8.28. The molecular formula is C18H34N2O4. The van der Waals surface area contributed by atoms with Gasteiger partial charge in [-0.25, -0.2) is 4.79 Å². The van der Waals surface area contributed by atoms with Crippen LogP contribution in [0.3, 0.4) is 0 Å². The van der Waals surface area contributed by atoms with Crippen LogP contribution in [-0.4, -0.2) is 78.1 Å². The van der Waals surface area contributed by atoms with Crippen LogP contribution in [0.15, 0.2) is 0 Å². The predicted molar refractivity (Wildman–Crippen MR) is 93.1 cm³/mol. The third-order valence-electron chi connectivity index (χ3n) is 4.88. The van der Waals surface area contributed by atoms with E-state index >= 15 is 0 Å². The summed E-state index contributed by atoms with van der Waals surface area (Å²) in [7, 11) is 1.76. The van der Waals surface area contributed by atoms with Crippen molar-refractivity contribution in [2.75, 3.05) is 39.8 Å². The molecule has 2 fully saturated rings. The second kappa shape index (κ2) is 8.02. The highest BCUT2D eigenvalue weighted by Crippen LogP contribution is 2.26. The fraction of sp³-hybridized carbons (Fsp3) is 0.944. The molecule has 0 aromatic carbocycles. The molecule has 0 aromatic rings. The number of ether oxygens (including phenoxy) is 2. The molecule has 0 bridgehead atoms. The van der Waals surface area contributed by atoms with Gasteiger partial charge < -0.3 is 19.5 Å². The van der Waals surface area contributed by atoms with Gasteiger partial charge in [0.1, 0.15) is 5.60 Å². The summed E-state index contributed by atoms with van der Waals surface area (Å²) in [6.07, 6.45) is 4.32. The van der Waals surface area contributed by atoms with Crippen LogP contribution in [-0.2, 0) is 9.47 Å². The van der Waals surface area contributed by atoms with E-state index in [9.17, 15) is 9.90 Å². The third-order valence-corrected chi connectivity index (χ3v) is 4.88. The molecule has 1 N–H and O–H groups in total. The SMILES string of the molecule is COC1CCCN(CC2(O)CCCN(C(=O)OC(C)(C)C)CC2)C1. The van der Waals surface area contributed by atoms with E-state index in [-0.39, 0.29) is 12.2 Å². The molecule has 0 aromatic heterocycles. The Morgan fingerprint density at radius 1 is 1.21 bits per heavy atom. The topological polar surface area (TPSA) is 62.2 Å². The second-order valence-corrected chi connectivity index (χ2v) is 8.28. The van der Waals surface area contributed by atoms with Crippen molar-refractivity contribution in [2.24, 2.45) is 0 Å². The summed E-state index contributed by atoms with van der Waals surface area (Å²) in [5.41, 5.74) is -1.21. The normalized spacial score (nSPS) is 30.0. The van der Waals surface area contributed by atoms with Crippen molar-refractivity contribution in [3.63, 3.8) is 0 Å². The number of likely N-dealkylation sites (tertiary alicyclic amines) is 2. The van der Waals surface area contributed by atoms with Gasteiger partial charge in [0, 0.05) is 33.3 Å². The zero-order chi connectivity index (χ0) is 17.8. The lowest BCUT2D eigenvalue weighted by molar-refractivity contribution is -0.0374. The Bertz CT molecular complexity index is 424. The molecule has 0 saturated carbocycles. The minimum absolute atomic E-state index is 0.270. The minimum atomic E-state index is -0.730. The van der Waals surface area contributed by atoms with Crippen molar-refractivity contribution in [1.29, 1.82) is 0 Å². The van der Waals surface area contributed by atoms with Crippen LogP contribution in [0.2, 0.25) is 0 Å². The Balaban J connectivity index is 1.88. The average molecular weight is 342 g/mol. The number of hydrogen-bond acceptors (Lipinski definition) is 5. The van der Waals surface area contributed by atoms with Gasteiger partial charge >= 0.3 is 6.09 Å². The highest BCUT2D eigenvalue weighted by atomic mass is 16.6. The molecule has 2 saturated heterocycles. The standard InChI is InChI=1S/C18H34N2O4/c1-17(2,3)24-16(21)20-11-6-8-18(22,9-12-20)14-19-10-5-7-15(13-19)23-4/h15,22H,5-14H2,1-4H3. The van der Waals surface area contributed by atoms with E-state index in [1.54, 1.807) is 12.0 Å². The van der Waals surface area contributed by atoms with Crippen molar-refractivity contribution in [2.45, 2.75) is 70.2 Å². The van der Waals surface area contributed by atoms with E-state index in [0.717, 1.165) is 38.8 Å². The van der Waals surface area contributed by atoms with E-state index in [1.807, 2.05) is 20.8 Å². The Morgan fingerprint density at radius 3 is 2.62 bits per heavy atom. The van der Waals surface area contributed by atoms with Crippen LogP contribution in [0.1, 0.15) is 52.9 Å². The summed E-state index contributed by atoms with van der Waals surface area (Å²) in [5.74, 6) is 0. The number of rotatable bonds is 3. The lowest BCUT2D eigenvalue weighted by Crippen LogP contribution is -2.49. The molecule has 0 spiro atoms. The molecule has 0 aliphatic carbocycles. The van der Waals surface area contributed by atoms with Gasteiger partial charge in [0.25, 0.3) is 0 Å². The van der Waals surface area contributed by atoms with Crippen LogP contribution in [0, 0.1) is 0 Å². The predicted octanol–water partition coefficient (Wildman–Crippen LogP) is 2.25. The number of aliphatic hydroxyl groups is 1. The molecular weight excluding hydrogens is 308 g/mol. The molecule has 2 unspecified atom stereocenters. The van der Waals surface area contributed by atoms with E-state index in [4.69, 9.17) is 9.47 Å². The Kier molecular flexibility index (Phi) is 6.51. The van der Waals surface area contributed by atoms with Crippen molar-refractivity contribution < 1.29 is 19.4 Å². The Labute approximate surface area is 146 Å². The van der Waals surface area contributed by atoms with Crippen molar-refractivity contribution in [3.05, 3.63) is 0 Å². The average Bonchev–Trinajstić information content (AvgIpc) is 2.67. The third kappa shape index (κ3) is 5.90. The number of hydrogen-bond donors (Lipinski definition) is 1. The summed E-state index contributed by atoms with van der Waals surface area (Å²) >= 11 is 0. The zero-order valence-corrected chi connectivity index (χ0v) is 15.7.